The van der Waals surface area contributed by atoms with Crippen LogP contribution in [0, 0.1) is 5.82 Å². The summed E-state index contributed by atoms with van der Waals surface area (Å²) in [6.07, 6.45) is 1.83. The van der Waals surface area contributed by atoms with Crippen LogP contribution in [0.4, 0.5) is 16.2 Å². The Balaban J connectivity index is 2.13. The van der Waals surface area contributed by atoms with Crippen molar-refractivity contribution in [3.8, 4) is 11.1 Å². The molecular weight excluding hydrogens is 281 g/mol. The van der Waals surface area contributed by atoms with Crippen LogP contribution >= 0.6 is 0 Å². The smallest absolute Gasteiger partial charge is 0.222 e. The molecule has 0 aliphatic carbocycles. The fourth-order valence-electron chi connectivity index (χ4n) is 2.76. The van der Waals surface area contributed by atoms with E-state index in [9.17, 15) is 4.39 Å². The number of rotatable bonds is 1. The molecule has 0 radical (unpaired) electrons. The summed E-state index contributed by atoms with van der Waals surface area (Å²) in [6, 6.07) is 10.1. The maximum Gasteiger partial charge on any atom is 0.222 e. The van der Waals surface area contributed by atoms with E-state index in [-0.39, 0.29) is 11.8 Å². The average Bonchev–Trinajstić information content (AvgIpc) is 2.95. The number of hydrogen-bond acceptors (Lipinski definition) is 4. The van der Waals surface area contributed by atoms with E-state index in [4.69, 9.17) is 11.5 Å². The highest BCUT2D eigenvalue weighted by Gasteiger charge is 2.13. The molecule has 0 amide bonds. The molecule has 6 heteroatoms. The first-order chi connectivity index (χ1) is 10.6. The second-order valence-electron chi connectivity index (χ2n) is 5.06. The predicted molar refractivity (Wildman–Crippen MR) is 85.6 cm³/mol. The molecule has 0 spiro atoms. The van der Waals surface area contributed by atoms with Crippen LogP contribution in [0.3, 0.4) is 0 Å². The summed E-state index contributed by atoms with van der Waals surface area (Å²) >= 11 is 0. The number of aromatic amines is 1. The van der Waals surface area contributed by atoms with Gasteiger partial charge in [-0.1, -0.05) is 12.1 Å². The molecule has 0 fully saturated rings. The van der Waals surface area contributed by atoms with Gasteiger partial charge in [-0.25, -0.2) is 9.37 Å². The summed E-state index contributed by atoms with van der Waals surface area (Å²) in [6.45, 7) is 0. The van der Waals surface area contributed by atoms with Crippen molar-refractivity contribution in [1.29, 1.82) is 0 Å². The van der Waals surface area contributed by atoms with Crippen molar-refractivity contribution in [2.45, 2.75) is 0 Å². The maximum absolute atomic E-state index is 13.2. The fraction of sp³-hybridized carbons (Fsp3) is 0. The van der Waals surface area contributed by atoms with Gasteiger partial charge in [-0.2, -0.15) is 4.98 Å². The third kappa shape index (κ3) is 1.77. The van der Waals surface area contributed by atoms with E-state index in [0.717, 1.165) is 27.4 Å². The van der Waals surface area contributed by atoms with E-state index in [1.54, 1.807) is 12.1 Å². The Hall–Kier alpha value is -3.15. The van der Waals surface area contributed by atoms with Crippen LogP contribution in [0.1, 0.15) is 0 Å². The third-order valence-electron chi connectivity index (χ3n) is 3.70. The molecule has 5 nitrogen and oxygen atoms in total. The molecule has 108 valence electrons. The molecule has 0 aliphatic rings. The van der Waals surface area contributed by atoms with Crippen molar-refractivity contribution in [2.75, 3.05) is 11.5 Å². The number of nitrogens with one attached hydrogen (secondary N) is 1. The van der Waals surface area contributed by atoms with Gasteiger partial charge in [0.1, 0.15) is 11.6 Å². The number of nitrogens with two attached hydrogens (primary N) is 2. The largest absolute Gasteiger partial charge is 0.383 e. The van der Waals surface area contributed by atoms with Crippen molar-refractivity contribution in [3.63, 3.8) is 0 Å². The van der Waals surface area contributed by atoms with Crippen LogP contribution in [0.5, 0.6) is 0 Å². The molecule has 0 unspecified atom stereocenters. The molecule has 4 aromatic rings. The van der Waals surface area contributed by atoms with Gasteiger partial charge in [0.2, 0.25) is 5.95 Å². The highest BCUT2D eigenvalue weighted by Crippen LogP contribution is 2.35. The van der Waals surface area contributed by atoms with E-state index < -0.39 is 0 Å². The normalized spacial score (nSPS) is 11.3. The van der Waals surface area contributed by atoms with Crippen LogP contribution in [0.2, 0.25) is 0 Å². The Morgan fingerprint density at radius 3 is 2.55 bits per heavy atom. The number of nitrogens with zero attached hydrogens (tertiary/aromatic N) is 2. The van der Waals surface area contributed by atoms with Crippen molar-refractivity contribution >= 4 is 33.6 Å². The highest BCUT2D eigenvalue weighted by atomic mass is 19.1. The van der Waals surface area contributed by atoms with Gasteiger partial charge in [-0.3, -0.25) is 0 Å². The molecule has 0 bridgehead atoms. The summed E-state index contributed by atoms with van der Waals surface area (Å²) in [5, 5.41) is 1.67. The van der Waals surface area contributed by atoms with Crippen LogP contribution in [-0.4, -0.2) is 15.0 Å². The summed E-state index contributed by atoms with van der Waals surface area (Å²) in [4.78, 5) is 11.5. The highest BCUT2D eigenvalue weighted by molar-refractivity contribution is 6.15. The van der Waals surface area contributed by atoms with Gasteiger partial charge in [-0.15, -0.1) is 0 Å². The Bertz CT molecular complexity index is 1000. The van der Waals surface area contributed by atoms with E-state index in [1.807, 2.05) is 18.3 Å². The van der Waals surface area contributed by atoms with Crippen molar-refractivity contribution in [3.05, 3.63) is 48.4 Å². The summed E-state index contributed by atoms with van der Waals surface area (Å²) in [5.74, 6) is 0.200. The van der Waals surface area contributed by atoms with Crippen LogP contribution in [-0.2, 0) is 0 Å². The van der Waals surface area contributed by atoms with Gasteiger partial charge in [-0.05, 0) is 29.8 Å². The van der Waals surface area contributed by atoms with Crippen molar-refractivity contribution < 1.29 is 4.39 Å². The van der Waals surface area contributed by atoms with Crippen molar-refractivity contribution in [1.82, 2.24) is 15.0 Å². The Labute approximate surface area is 124 Å². The van der Waals surface area contributed by atoms with E-state index in [0.29, 0.717) is 11.3 Å². The molecule has 5 N–H and O–H groups in total. The minimum absolute atomic E-state index is 0.130. The Morgan fingerprint density at radius 2 is 1.77 bits per heavy atom. The number of hydrogen-bond donors (Lipinski definition) is 3. The van der Waals surface area contributed by atoms with Gasteiger partial charge < -0.3 is 16.5 Å². The maximum atomic E-state index is 13.2. The molecule has 2 aromatic carbocycles. The topological polar surface area (TPSA) is 93.6 Å². The first-order valence-corrected chi connectivity index (χ1v) is 6.72. The zero-order chi connectivity index (χ0) is 15.3. The molecule has 22 heavy (non-hydrogen) atoms. The fourth-order valence-corrected chi connectivity index (χ4v) is 2.76. The van der Waals surface area contributed by atoms with Gasteiger partial charge in [0.05, 0.1) is 16.4 Å². The number of halogens is 1. The lowest BCUT2D eigenvalue weighted by atomic mass is 10.00. The number of aromatic nitrogens is 3. The van der Waals surface area contributed by atoms with Crippen LogP contribution in [0.15, 0.2) is 42.6 Å². The number of nitrogen functional groups attached to an aromatic ring is 2. The lowest BCUT2D eigenvalue weighted by Gasteiger charge is -2.09. The number of anilines is 2. The Kier molecular flexibility index (Phi) is 2.53. The molecule has 0 atom stereocenters. The first kappa shape index (κ1) is 12.6. The zero-order valence-electron chi connectivity index (χ0n) is 11.5. The average molecular weight is 293 g/mol. The van der Waals surface area contributed by atoms with Crippen LogP contribution in [0.25, 0.3) is 32.9 Å². The third-order valence-corrected chi connectivity index (χ3v) is 3.70. The number of benzene rings is 2. The predicted octanol–water partition coefficient (Wildman–Crippen LogP) is 3.08. The SMILES string of the molecule is Nc1nc(N)c2c(cc(-c3ccc(F)cc3)c3[nH]ccc32)n1. The number of fused-ring (bicyclic) bond motifs is 3. The molecule has 2 aromatic heterocycles. The quantitative estimate of drug-likeness (QED) is 0.502. The zero-order valence-corrected chi connectivity index (χ0v) is 11.5. The molecule has 2 heterocycles. The van der Waals surface area contributed by atoms with E-state index in [2.05, 4.69) is 15.0 Å². The van der Waals surface area contributed by atoms with Crippen molar-refractivity contribution in [2.24, 2.45) is 0 Å². The molecular formula is C16H12FN5. The molecule has 0 saturated heterocycles. The van der Waals surface area contributed by atoms with Gasteiger partial charge in [0.25, 0.3) is 0 Å². The van der Waals surface area contributed by atoms with E-state index >= 15 is 0 Å². The summed E-state index contributed by atoms with van der Waals surface area (Å²) < 4.78 is 13.2. The molecule has 4 rings (SSSR count). The second-order valence-corrected chi connectivity index (χ2v) is 5.06. The standard InChI is InChI=1S/C16H12FN5/c17-9-3-1-8(2-4-9)11-7-12-13(10-5-6-20-14(10)11)15(18)22-16(19)21-12/h1-7,20H,(H4,18,19,21,22). The minimum atomic E-state index is -0.275. The van der Waals surface area contributed by atoms with Gasteiger partial charge in [0, 0.05) is 17.1 Å². The monoisotopic (exact) mass is 293 g/mol. The van der Waals surface area contributed by atoms with Crippen LogP contribution < -0.4 is 11.5 Å². The first-order valence-electron chi connectivity index (χ1n) is 6.72. The molecule has 0 saturated carbocycles. The Morgan fingerprint density at radius 1 is 1.00 bits per heavy atom. The lowest BCUT2D eigenvalue weighted by Crippen LogP contribution is -2.01. The van der Waals surface area contributed by atoms with Gasteiger partial charge >= 0.3 is 0 Å². The molecule has 0 aliphatic heterocycles. The second kappa shape index (κ2) is 4.42. The minimum Gasteiger partial charge on any atom is -0.383 e. The summed E-state index contributed by atoms with van der Waals surface area (Å²) in [5.41, 5.74) is 15.0. The number of H-pyrrole nitrogens is 1. The summed E-state index contributed by atoms with van der Waals surface area (Å²) in [7, 11) is 0. The lowest BCUT2D eigenvalue weighted by molar-refractivity contribution is 0.628. The van der Waals surface area contributed by atoms with Gasteiger partial charge in [0.15, 0.2) is 0 Å². The van der Waals surface area contributed by atoms with E-state index in [1.165, 1.54) is 12.1 Å².